The van der Waals surface area contributed by atoms with Crippen LogP contribution in [0.4, 0.5) is 0 Å². The first-order valence-corrected chi connectivity index (χ1v) is 5.08. The Labute approximate surface area is 86.5 Å². The SMILES string of the molecule is C#CCCNCc1ccc(CC)cc1. The highest BCUT2D eigenvalue weighted by Gasteiger charge is 1.92. The lowest BCUT2D eigenvalue weighted by atomic mass is 10.1. The lowest BCUT2D eigenvalue weighted by molar-refractivity contribution is 0.701. The fourth-order valence-corrected chi connectivity index (χ4v) is 1.29. The van der Waals surface area contributed by atoms with Crippen LogP contribution >= 0.6 is 0 Å². The van der Waals surface area contributed by atoms with E-state index in [0.717, 1.165) is 25.9 Å². The zero-order valence-corrected chi connectivity index (χ0v) is 8.72. The second kappa shape index (κ2) is 6.23. The van der Waals surface area contributed by atoms with Crippen molar-refractivity contribution in [2.24, 2.45) is 0 Å². The van der Waals surface area contributed by atoms with Gasteiger partial charge in [-0.2, -0.15) is 0 Å². The second-order valence-electron chi connectivity index (χ2n) is 3.30. The third-order valence-corrected chi connectivity index (χ3v) is 2.21. The molecule has 0 saturated carbocycles. The van der Waals surface area contributed by atoms with Crippen molar-refractivity contribution in [1.82, 2.24) is 5.32 Å². The predicted octanol–water partition coefficient (Wildman–Crippen LogP) is 2.36. The molecule has 0 atom stereocenters. The summed E-state index contributed by atoms with van der Waals surface area (Å²) in [5, 5.41) is 3.30. The normalized spacial score (nSPS) is 9.71. The van der Waals surface area contributed by atoms with Crippen LogP contribution in [-0.4, -0.2) is 6.54 Å². The van der Waals surface area contributed by atoms with Crippen LogP contribution in [0.25, 0.3) is 0 Å². The van der Waals surface area contributed by atoms with Crippen molar-refractivity contribution in [3.8, 4) is 12.3 Å². The van der Waals surface area contributed by atoms with Gasteiger partial charge in [0.2, 0.25) is 0 Å². The molecule has 0 unspecified atom stereocenters. The molecule has 74 valence electrons. The summed E-state index contributed by atoms with van der Waals surface area (Å²) >= 11 is 0. The van der Waals surface area contributed by atoms with Crippen molar-refractivity contribution < 1.29 is 0 Å². The monoisotopic (exact) mass is 187 g/mol. The van der Waals surface area contributed by atoms with E-state index in [2.05, 4.69) is 42.4 Å². The number of hydrogen-bond acceptors (Lipinski definition) is 1. The van der Waals surface area contributed by atoms with Gasteiger partial charge >= 0.3 is 0 Å². The molecule has 0 aliphatic rings. The topological polar surface area (TPSA) is 12.0 Å². The Kier molecular flexibility index (Phi) is 4.82. The largest absolute Gasteiger partial charge is 0.312 e. The Morgan fingerprint density at radius 1 is 1.21 bits per heavy atom. The maximum Gasteiger partial charge on any atom is 0.0212 e. The molecule has 1 heteroatoms. The van der Waals surface area contributed by atoms with Gasteiger partial charge < -0.3 is 5.32 Å². The van der Waals surface area contributed by atoms with Crippen molar-refractivity contribution in [2.75, 3.05) is 6.54 Å². The minimum atomic E-state index is 0.799. The first-order chi connectivity index (χ1) is 6.86. The summed E-state index contributed by atoms with van der Waals surface area (Å²) in [6, 6.07) is 8.69. The van der Waals surface area contributed by atoms with E-state index in [0.29, 0.717) is 0 Å². The number of rotatable bonds is 5. The van der Waals surface area contributed by atoms with E-state index in [4.69, 9.17) is 6.42 Å². The molecular formula is C13H17N. The van der Waals surface area contributed by atoms with Crippen LogP contribution in [0.5, 0.6) is 0 Å². The van der Waals surface area contributed by atoms with E-state index in [9.17, 15) is 0 Å². The minimum Gasteiger partial charge on any atom is -0.312 e. The fourth-order valence-electron chi connectivity index (χ4n) is 1.29. The van der Waals surface area contributed by atoms with Gasteiger partial charge in [-0.05, 0) is 17.5 Å². The van der Waals surface area contributed by atoms with E-state index in [-0.39, 0.29) is 0 Å². The lowest BCUT2D eigenvalue weighted by Gasteiger charge is -2.03. The molecule has 1 aromatic carbocycles. The van der Waals surface area contributed by atoms with Crippen LogP contribution in [0.2, 0.25) is 0 Å². The van der Waals surface area contributed by atoms with Crippen molar-refractivity contribution >= 4 is 0 Å². The number of hydrogen-bond donors (Lipinski definition) is 1. The molecule has 0 fully saturated rings. The Bertz CT molecular complexity index is 292. The summed E-state index contributed by atoms with van der Waals surface area (Å²) in [7, 11) is 0. The summed E-state index contributed by atoms with van der Waals surface area (Å²) in [4.78, 5) is 0. The summed E-state index contributed by atoms with van der Waals surface area (Å²) in [5.41, 5.74) is 2.71. The van der Waals surface area contributed by atoms with Crippen LogP contribution in [0.1, 0.15) is 24.5 Å². The Morgan fingerprint density at radius 2 is 1.86 bits per heavy atom. The number of nitrogens with one attached hydrogen (secondary N) is 1. The lowest BCUT2D eigenvalue weighted by Crippen LogP contribution is -2.13. The van der Waals surface area contributed by atoms with E-state index in [1.54, 1.807) is 0 Å². The molecule has 1 nitrogen and oxygen atoms in total. The molecule has 0 aliphatic carbocycles. The van der Waals surface area contributed by atoms with E-state index < -0.39 is 0 Å². The van der Waals surface area contributed by atoms with Crippen LogP contribution < -0.4 is 5.32 Å². The average molecular weight is 187 g/mol. The molecule has 0 radical (unpaired) electrons. The number of benzene rings is 1. The Balaban J connectivity index is 2.33. The standard InChI is InChI=1S/C13H17N/c1-3-5-10-14-11-13-8-6-12(4-2)7-9-13/h1,6-9,14H,4-5,10-11H2,2H3. The van der Waals surface area contributed by atoms with Crippen LogP contribution in [-0.2, 0) is 13.0 Å². The first kappa shape index (κ1) is 10.8. The Hall–Kier alpha value is -1.26. The van der Waals surface area contributed by atoms with Gasteiger partial charge in [0.15, 0.2) is 0 Å². The van der Waals surface area contributed by atoms with Crippen LogP contribution in [0, 0.1) is 12.3 Å². The maximum absolute atomic E-state index is 5.16. The molecule has 0 aromatic heterocycles. The fraction of sp³-hybridized carbons (Fsp3) is 0.385. The first-order valence-electron chi connectivity index (χ1n) is 5.08. The highest BCUT2D eigenvalue weighted by atomic mass is 14.8. The molecule has 1 aromatic rings. The quantitative estimate of drug-likeness (QED) is 0.551. The third kappa shape index (κ3) is 3.64. The van der Waals surface area contributed by atoms with Gasteiger partial charge in [0, 0.05) is 19.5 Å². The molecule has 0 aliphatic heterocycles. The van der Waals surface area contributed by atoms with Gasteiger partial charge in [-0.25, -0.2) is 0 Å². The molecular weight excluding hydrogens is 170 g/mol. The maximum atomic E-state index is 5.16. The minimum absolute atomic E-state index is 0.799. The molecule has 1 rings (SSSR count). The van der Waals surface area contributed by atoms with Crippen molar-refractivity contribution in [3.05, 3.63) is 35.4 Å². The van der Waals surface area contributed by atoms with E-state index in [1.807, 2.05) is 0 Å². The predicted molar refractivity (Wildman–Crippen MR) is 61.0 cm³/mol. The van der Waals surface area contributed by atoms with Crippen LogP contribution in [0.3, 0.4) is 0 Å². The second-order valence-corrected chi connectivity index (χ2v) is 3.30. The number of aryl methyl sites for hydroxylation is 1. The molecule has 1 N–H and O–H groups in total. The van der Waals surface area contributed by atoms with E-state index >= 15 is 0 Å². The summed E-state index contributed by atoms with van der Waals surface area (Å²) in [6.45, 7) is 3.97. The van der Waals surface area contributed by atoms with Crippen molar-refractivity contribution in [2.45, 2.75) is 26.3 Å². The van der Waals surface area contributed by atoms with Crippen molar-refractivity contribution in [1.29, 1.82) is 0 Å². The van der Waals surface area contributed by atoms with Crippen molar-refractivity contribution in [3.63, 3.8) is 0 Å². The summed E-state index contributed by atoms with van der Waals surface area (Å²) in [6.07, 6.45) is 7.06. The van der Waals surface area contributed by atoms with Gasteiger partial charge in [0.05, 0.1) is 0 Å². The molecule has 0 heterocycles. The van der Waals surface area contributed by atoms with Gasteiger partial charge in [0.25, 0.3) is 0 Å². The third-order valence-electron chi connectivity index (χ3n) is 2.21. The highest BCUT2D eigenvalue weighted by molar-refractivity contribution is 5.22. The Morgan fingerprint density at radius 3 is 2.43 bits per heavy atom. The molecule has 0 amide bonds. The van der Waals surface area contributed by atoms with Gasteiger partial charge in [-0.1, -0.05) is 31.2 Å². The van der Waals surface area contributed by atoms with Gasteiger partial charge in [-0.3, -0.25) is 0 Å². The number of terminal acetylenes is 1. The van der Waals surface area contributed by atoms with Crippen LogP contribution in [0.15, 0.2) is 24.3 Å². The molecule has 14 heavy (non-hydrogen) atoms. The zero-order valence-electron chi connectivity index (χ0n) is 8.72. The summed E-state index contributed by atoms with van der Waals surface area (Å²) in [5.74, 6) is 2.61. The average Bonchev–Trinajstić information content (AvgIpc) is 2.25. The van der Waals surface area contributed by atoms with Gasteiger partial charge in [0.1, 0.15) is 0 Å². The molecule has 0 spiro atoms. The summed E-state index contributed by atoms with van der Waals surface area (Å²) < 4.78 is 0. The van der Waals surface area contributed by atoms with Gasteiger partial charge in [-0.15, -0.1) is 12.3 Å². The van der Waals surface area contributed by atoms with E-state index in [1.165, 1.54) is 11.1 Å². The highest BCUT2D eigenvalue weighted by Crippen LogP contribution is 2.04. The molecule has 0 bridgehead atoms. The zero-order chi connectivity index (χ0) is 10.2. The molecule has 0 saturated heterocycles. The smallest absolute Gasteiger partial charge is 0.0212 e.